The Morgan fingerprint density at radius 3 is 2.29 bits per heavy atom. The molecule has 1 aromatic rings. The van der Waals surface area contributed by atoms with Crippen molar-refractivity contribution < 1.29 is 31.6 Å². The van der Waals surface area contributed by atoms with Gasteiger partial charge < -0.3 is 4.74 Å². The lowest BCUT2D eigenvalue weighted by molar-refractivity contribution is -0.386. The van der Waals surface area contributed by atoms with E-state index in [1.54, 1.807) is 0 Å². The summed E-state index contributed by atoms with van der Waals surface area (Å²) < 4.78 is 63.9. The van der Waals surface area contributed by atoms with Crippen molar-refractivity contribution in [1.82, 2.24) is 0 Å². The van der Waals surface area contributed by atoms with E-state index in [0.717, 1.165) is 6.07 Å². The van der Waals surface area contributed by atoms with Crippen molar-refractivity contribution >= 4 is 5.69 Å². The van der Waals surface area contributed by atoms with E-state index in [-0.39, 0.29) is 0 Å². The molecule has 0 spiro atoms. The van der Waals surface area contributed by atoms with Crippen LogP contribution < -0.4 is 4.74 Å². The maximum atomic E-state index is 12.5. The summed E-state index contributed by atoms with van der Waals surface area (Å²) in [5.41, 5.74) is -2.52. The number of rotatable bonds is 3. The number of benzene rings is 1. The van der Waals surface area contributed by atoms with E-state index < -0.39 is 34.7 Å². The highest BCUT2D eigenvalue weighted by atomic mass is 19.4. The minimum atomic E-state index is -5.20. The quantitative estimate of drug-likeness (QED) is 0.473. The Morgan fingerprint density at radius 1 is 1.29 bits per heavy atom. The zero-order valence-electron chi connectivity index (χ0n) is 7.87. The fourth-order valence-corrected chi connectivity index (χ4v) is 1.12. The van der Waals surface area contributed by atoms with Crippen LogP contribution in [0.4, 0.5) is 27.6 Å². The number of ether oxygens (including phenoxy) is 1. The number of halogens is 5. The van der Waals surface area contributed by atoms with Crippen LogP contribution in [-0.2, 0) is 0 Å². The molecule has 4 nitrogen and oxygen atoms in total. The van der Waals surface area contributed by atoms with E-state index in [2.05, 4.69) is 4.74 Å². The molecule has 0 aliphatic carbocycles. The molecule has 0 N–H and O–H groups in total. The Labute approximate surface area is 90.8 Å². The maximum Gasteiger partial charge on any atom is 0.573 e. The Bertz CT molecular complexity index is 432. The molecule has 0 saturated carbocycles. The van der Waals surface area contributed by atoms with E-state index in [1.165, 1.54) is 0 Å². The topological polar surface area (TPSA) is 52.4 Å². The average molecular weight is 257 g/mol. The summed E-state index contributed by atoms with van der Waals surface area (Å²) in [6, 6.07) is 2.08. The van der Waals surface area contributed by atoms with E-state index in [1.807, 2.05) is 0 Å². The fourth-order valence-electron chi connectivity index (χ4n) is 1.12. The van der Waals surface area contributed by atoms with E-state index in [0.29, 0.717) is 12.1 Å². The van der Waals surface area contributed by atoms with Crippen LogP contribution >= 0.6 is 0 Å². The van der Waals surface area contributed by atoms with Crippen molar-refractivity contribution in [2.75, 3.05) is 0 Å². The van der Waals surface area contributed by atoms with Crippen LogP contribution in [0.15, 0.2) is 18.2 Å². The van der Waals surface area contributed by atoms with Gasteiger partial charge in [0.1, 0.15) is 11.3 Å². The van der Waals surface area contributed by atoms with Gasteiger partial charge in [0, 0.05) is 6.07 Å². The van der Waals surface area contributed by atoms with Crippen molar-refractivity contribution in [3.05, 3.63) is 33.9 Å². The molecule has 1 aromatic carbocycles. The van der Waals surface area contributed by atoms with Crippen LogP contribution in [0.3, 0.4) is 0 Å². The summed E-state index contributed by atoms with van der Waals surface area (Å²) in [7, 11) is 0. The zero-order valence-corrected chi connectivity index (χ0v) is 7.87. The number of hydrogen-bond acceptors (Lipinski definition) is 3. The molecule has 0 unspecified atom stereocenters. The monoisotopic (exact) mass is 257 g/mol. The van der Waals surface area contributed by atoms with Gasteiger partial charge in [-0.15, -0.1) is 13.2 Å². The normalized spacial score (nSPS) is 11.6. The molecule has 0 fully saturated rings. The van der Waals surface area contributed by atoms with Gasteiger partial charge in [-0.2, -0.15) is 0 Å². The van der Waals surface area contributed by atoms with Gasteiger partial charge in [0.15, 0.2) is 0 Å². The Kier molecular flexibility index (Phi) is 3.49. The van der Waals surface area contributed by atoms with Crippen molar-refractivity contribution in [2.45, 2.75) is 12.8 Å². The van der Waals surface area contributed by atoms with Crippen LogP contribution in [0, 0.1) is 10.1 Å². The fraction of sp³-hybridized carbons (Fsp3) is 0.250. The second-order valence-electron chi connectivity index (χ2n) is 2.79. The standard InChI is InChI=1S/C8H4F5NO3/c9-7(10)6-4(14(15)16)2-1-3-5(6)17-8(11,12)13/h1-3,7H. The molecule has 17 heavy (non-hydrogen) atoms. The molecule has 0 atom stereocenters. The summed E-state index contributed by atoms with van der Waals surface area (Å²) in [5, 5.41) is 10.4. The van der Waals surface area contributed by atoms with Gasteiger partial charge in [0.05, 0.1) is 4.92 Å². The third kappa shape index (κ3) is 3.26. The molecule has 0 aliphatic rings. The summed E-state index contributed by atoms with van der Waals surface area (Å²) in [6.07, 6.45) is -8.65. The second kappa shape index (κ2) is 4.52. The predicted octanol–water partition coefficient (Wildman–Crippen LogP) is 3.43. The van der Waals surface area contributed by atoms with E-state index >= 15 is 0 Å². The Hall–Kier alpha value is -1.93. The first-order valence-corrected chi connectivity index (χ1v) is 4.03. The smallest absolute Gasteiger partial charge is 0.405 e. The van der Waals surface area contributed by atoms with Crippen LogP contribution in [-0.4, -0.2) is 11.3 Å². The molecule has 0 aromatic heterocycles. The largest absolute Gasteiger partial charge is 0.573 e. The SMILES string of the molecule is O=[N+]([O-])c1cccc(OC(F)(F)F)c1C(F)F. The lowest BCUT2D eigenvalue weighted by Gasteiger charge is -2.12. The van der Waals surface area contributed by atoms with Gasteiger partial charge in [-0.05, 0) is 6.07 Å². The molecule has 94 valence electrons. The maximum absolute atomic E-state index is 12.5. The minimum Gasteiger partial charge on any atom is -0.405 e. The molecule has 0 heterocycles. The molecule has 0 amide bonds. The highest BCUT2D eigenvalue weighted by Crippen LogP contribution is 2.38. The van der Waals surface area contributed by atoms with Gasteiger partial charge in [-0.3, -0.25) is 10.1 Å². The van der Waals surface area contributed by atoms with E-state index in [9.17, 15) is 32.1 Å². The lowest BCUT2D eigenvalue weighted by Crippen LogP contribution is -2.18. The Morgan fingerprint density at radius 2 is 1.88 bits per heavy atom. The highest BCUT2D eigenvalue weighted by molar-refractivity contribution is 5.50. The first-order chi connectivity index (χ1) is 7.72. The predicted molar refractivity (Wildman–Crippen MR) is 44.7 cm³/mol. The van der Waals surface area contributed by atoms with Gasteiger partial charge in [0.25, 0.3) is 12.1 Å². The number of nitrogens with zero attached hydrogens (tertiary/aromatic N) is 1. The molecular formula is C8H4F5NO3. The molecule has 0 bridgehead atoms. The molecule has 1 rings (SSSR count). The minimum absolute atomic E-state index is 0.585. The summed E-state index contributed by atoms with van der Waals surface area (Å²) in [5.74, 6) is -1.28. The first kappa shape index (κ1) is 13.1. The molecule has 0 saturated heterocycles. The average Bonchev–Trinajstić information content (AvgIpc) is 2.14. The third-order valence-electron chi connectivity index (χ3n) is 1.68. The van der Waals surface area contributed by atoms with Crippen molar-refractivity contribution in [2.24, 2.45) is 0 Å². The van der Waals surface area contributed by atoms with E-state index in [4.69, 9.17) is 0 Å². The van der Waals surface area contributed by atoms with Crippen molar-refractivity contribution in [1.29, 1.82) is 0 Å². The zero-order chi connectivity index (χ0) is 13.2. The number of nitro benzene ring substituents is 1. The van der Waals surface area contributed by atoms with Crippen LogP contribution in [0.5, 0.6) is 5.75 Å². The summed E-state index contributed by atoms with van der Waals surface area (Å²) >= 11 is 0. The van der Waals surface area contributed by atoms with Gasteiger partial charge in [-0.1, -0.05) is 6.07 Å². The van der Waals surface area contributed by atoms with Gasteiger partial charge in [-0.25, -0.2) is 8.78 Å². The molecular weight excluding hydrogens is 253 g/mol. The van der Waals surface area contributed by atoms with Crippen LogP contribution in [0.1, 0.15) is 12.0 Å². The van der Waals surface area contributed by atoms with Crippen LogP contribution in [0.2, 0.25) is 0 Å². The van der Waals surface area contributed by atoms with Crippen LogP contribution in [0.25, 0.3) is 0 Å². The lowest BCUT2D eigenvalue weighted by atomic mass is 10.1. The molecule has 0 aliphatic heterocycles. The van der Waals surface area contributed by atoms with Crippen molar-refractivity contribution in [3.63, 3.8) is 0 Å². The Balaban J connectivity index is 3.30. The highest BCUT2D eigenvalue weighted by Gasteiger charge is 2.35. The third-order valence-corrected chi connectivity index (χ3v) is 1.68. The molecule has 0 radical (unpaired) electrons. The number of hydrogen-bond donors (Lipinski definition) is 0. The second-order valence-corrected chi connectivity index (χ2v) is 2.79. The number of nitro groups is 1. The molecule has 9 heteroatoms. The summed E-state index contributed by atoms with van der Waals surface area (Å²) in [4.78, 5) is 9.18. The summed E-state index contributed by atoms with van der Waals surface area (Å²) in [6.45, 7) is 0. The first-order valence-electron chi connectivity index (χ1n) is 4.03. The number of alkyl halides is 5. The van der Waals surface area contributed by atoms with Gasteiger partial charge in [0.2, 0.25) is 0 Å². The van der Waals surface area contributed by atoms with Gasteiger partial charge >= 0.3 is 6.36 Å². The van der Waals surface area contributed by atoms with Crippen molar-refractivity contribution in [3.8, 4) is 5.75 Å².